The van der Waals surface area contributed by atoms with E-state index < -0.39 is 0 Å². The van der Waals surface area contributed by atoms with Crippen LogP contribution in [0.5, 0.6) is 0 Å². The van der Waals surface area contributed by atoms with E-state index in [1.165, 1.54) is 6.33 Å². The van der Waals surface area contributed by atoms with Crippen LogP contribution in [0.3, 0.4) is 0 Å². The number of hydrogen-bond acceptors (Lipinski definition) is 6. The molecular weight excluding hydrogens is 384 g/mol. The minimum atomic E-state index is -0.124. The predicted molar refractivity (Wildman–Crippen MR) is 112 cm³/mol. The zero-order valence-electron chi connectivity index (χ0n) is 16.6. The van der Waals surface area contributed by atoms with Gasteiger partial charge in [0, 0.05) is 17.8 Å². The van der Waals surface area contributed by atoms with E-state index in [1.807, 2.05) is 37.3 Å². The predicted octanol–water partition coefficient (Wildman–Crippen LogP) is 2.81. The lowest BCUT2D eigenvalue weighted by atomic mass is 9.95. The summed E-state index contributed by atoms with van der Waals surface area (Å²) >= 11 is 1.69. The SMILES string of the molecule is Cc1nc(CN2CCC(C(=O)NC(Cn3cncn3)c3ccccc3)CC2)cs1. The van der Waals surface area contributed by atoms with Crippen LogP contribution in [0.4, 0.5) is 0 Å². The third-order valence-electron chi connectivity index (χ3n) is 5.37. The molecule has 0 bridgehead atoms. The number of nitrogens with zero attached hydrogens (tertiary/aromatic N) is 5. The molecule has 3 aromatic rings. The van der Waals surface area contributed by atoms with Gasteiger partial charge in [-0.15, -0.1) is 11.3 Å². The van der Waals surface area contributed by atoms with Crippen molar-refractivity contribution < 1.29 is 4.79 Å². The molecule has 1 amide bonds. The van der Waals surface area contributed by atoms with Gasteiger partial charge in [0.05, 0.1) is 23.3 Å². The first-order chi connectivity index (χ1) is 14.2. The monoisotopic (exact) mass is 410 g/mol. The van der Waals surface area contributed by atoms with Gasteiger partial charge in [0.15, 0.2) is 0 Å². The smallest absolute Gasteiger partial charge is 0.223 e. The number of amides is 1. The molecule has 1 atom stereocenters. The molecular formula is C21H26N6OS. The fourth-order valence-corrected chi connectivity index (χ4v) is 4.39. The van der Waals surface area contributed by atoms with Crippen molar-refractivity contribution in [3.05, 3.63) is 64.6 Å². The van der Waals surface area contributed by atoms with Gasteiger partial charge in [0.25, 0.3) is 0 Å². The number of hydrogen-bond donors (Lipinski definition) is 1. The topological polar surface area (TPSA) is 75.9 Å². The second-order valence-corrected chi connectivity index (χ2v) is 8.56. The molecule has 29 heavy (non-hydrogen) atoms. The molecule has 1 N–H and O–H groups in total. The molecule has 8 heteroatoms. The van der Waals surface area contributed by atoms with E-state index in [4.69, 9.17) is 0 Å². The van der Waals surface area contributed by atoms with Gasteiger partial charge in [-0.1, -0.05) is 30.3 Å². The summed E-state index contributed by atoms with van der Waals surface area (Å²) in [7, 11) is 0. The Kier molecular flexibility index (Phi) is 6.31. The molecule has 7 nitrogen and oxygen atoms in total. The van der Waals surface area contributed by atoms with Crippen molar-refractivity contribution in [2.75, 3.05) is 13.1 Å². The number of aromatic nitrogens is 4. The zero-order chi connectivity index (χ0) is 20.1. The summed E-state index contributed by atoms with van der Waals surface area (Å²) in [4.78, 5) is 23.9. The molecule has 0 radical (unpaired) electrons. The number of nitrogens with one attached hydrogen (secondary N) is 1. The average molecular weight is 411 g/mol. The fourth-order valence-electron chi connectivity index (χ4n) is 3.79. The molecule has 0 aliphatic carbocycles. The number of rotatable bonds is 7. The van der Waals surface area contributed by atoms with Crippen LogP contribution in [0.2, 0.25) is 0 Å². The van der Waals surface area contributed by atoms with Gasteiger partial charge in [0.1, 0.15) is 12.7 Å². The third kappa shape index (κ3) is 5.27. The van der Waals surface area contributed by atoms with E-state index in [0.29, 0.717) is 6.54 Å². The van der Waals surface area contributed by atoms with Crippen LogP contribution >= 0.6 is 11.3 Å². The highest BCUT2D eigenvalue weighted by Gasteiger charge is 2.27. The first-order valence-electron chi connectivity index (χ1n) is 9.98. The maximum Gasteiger partial charge on any atom is 0.223 e. The summed E-state index contributed by atoms with van der Waals surface area (Å²) in [5.41, 5.74) is 2.21. The van der Waals surface area contributed by atoms with Gasteiger partial charge < -0.3 is 5.32 Å². The highest BCUT2D eigenvalue weighted by molar-refractivity contribution is 7.09. The molecule has 1 fully saturated rings. The summed E-state index contributed by atoms with van der Waals surface area (Å²) in [5.74, 6) is 0.175. The average Bonchev–Trinajstić information content (AvgIpc) is 3.40. The summed E-state index contributed by atoms with van der Waals surface area (Å²) in [6.45, 7) is 5.32. The summed E-state index contributed by atoms with van der Waals surface area (Å²) in [5, 5.41) is 10.7. The van der Waals surface area contributed by atoms with E-state index in [9.17, 15) is 4.79 Å². The number of likely N-dealkylation sites (tertiary alicyclic amines) is 1. The highest BCUT2D eigenvalue weighted by atomic mass is 32.1. The normalized spacial score (nSPS) is 16.6. The van der Waals surface area contributed by atoms with Gasteiger partial charge in [-0.2, -0.15) is 5.10 Å². The molecule has 2 aromatic heterocycles. The van der Waals surface area contributed by atoms with E-state index >= 15 is 0 Å². The molecule has 4 rings (SSSR count). The largest absolute Gasteiger partial charge is 0.347 e. The second kappa shape index (κ2) is 9.28. The number of carbonyl (C=O) groups excluding carboxylic acids is 1. The Bertz CT molecular complexity index is 902. The van der Waals surface area contributed by atoms with E-state index in [-0.39, 0.29) is 17.9 Å². The number of benzene rings is 1. The Morgan fingerprint density at radius 3 is 2.72 bits per heavy atom. The summed E-state index contributed by atoms with van der Waals surface area (Å²) < 4.78 is 1.76. The molecule has 152 valence electrons. The molecule has 1 unspecified atom stereocenters. The van der Waals surface area contributed by atoms with Gasteiger partial charge in [-0.05, 0) is 38.4 Å². The molecule has 1 saturated heterocycles. The van der Waals surface area contributed by atoms with E-state index in [2.05, 4.69) is 30.7 Å². The molecule has 0 spiro atoms. The van der Waals surface area contributed by atoms with Gasteiger partial charge >= 0.3 is 0 Å². The molecule has 3 heterocycles. The lowest BCUT2D eigenvalue weighted by Gasteiger charge is -2.31. The minimum Gasteiger partial charge on any atom is -0.347 e. The lowest BCUT2D eigenvalue weighted by molar-refractivity contribution is -0.127. The van der Waals surface area contributed by atoms with Crippen LogP contribution in [-0.2, 0) is 17.9 Å². The third-order valence-corrected chi connectivity index (χ3v) is 6.19. The van der Waals surface area contributed by atoms with Gasteiger partial charge in [-0.3, -0.25) is 14.4 Å². The highest BCUT2D eigenvalue weighted by Crippen LogP contribution is 2.22. The first-order valence-corrected chi connectivity index (χ1v) is 10.9. The number of aryl methyl sites for hydroxylation is 1. The van der Waals surface area contributed by atoms with Crippen LogP contribution in [0.15, 0.2) is 48.4 Å². The number of thiazole rings is 1. The zero-order valence-corrected chi connectivity index (χ0v) is 17.4. The van der Waals surface area contributed by atoms with Crippen molar-refractivity contribution in [3.63, 3.8) is 0 Å². The van der Waals surface area contributed by atoms with Crippen molar-refractivity contribution in [2.24, 2.45) is 5.92 Å². The Labute approximate surface area is 174 Å². The van der Waals surface area contributed by atoms with Crippen molar-refractivity contribution in [1.82, 2.24) is 30.0 Å². The van der Waals surface area contributed by atoms with Crippen LogP contribution in [0, 0.1) is 12.8 Å². The van der Waals surface area contributed by atoms with Crippen LogP contribution in [0.25, 0.3) is 0 Å². The van der Waals surface area contributed by atoms with Crippen LogP contribution < -0.4 is 5.32 Å². The Morgan fingerprint density at radius 1 is 1.28 bits per heavy atom. The van der Waals surface area contributed by atoms with Gasteiger partial charge in [-0.25, -0.2) is 9.97 Å². The van der Waals surface area contributed by atoms with Crippen LogP contribution in [0.1, 0.15) is 35.1 Å². The Balaban J connectivity index is 1.34. The number of carbonyl (C=O) groups is 1. The van der Waals surface area contributed by atoms with Gasteiger partial charge in [0.2, 0.25) is 5.91 Å². The van der Waals surface area contributed by atoms with E-state index in [1.54, 1.807) is 22.3 Å². The summed E-state index contributed by atoms with van der Waals surface area (Å²) in [6.07, 6.45) is 4.95. The molecule has 1 aliphatic heterocycles. The Hall–Kier alpha value is -2.58. The second-order valence-electron chi connectivity index (χ2n) is 7.50. The van der Waals surface area contributed by atoms with Crippen molar-refractivity contribution in [3.8, 4) is 0 Å². The standard InChI is InChI=1S/C21H26N6OS/c1-16-24-19(13-29-16)11-26-9-7-18(8-10-26)21(28)25-20(12-27-15-22-14-23-27)17-5-3-2-4-6-17/h2-6,13-15,18,20H,7-12H2,1H3,(H,25,28). The van der Waals surface area contributed by atoms with Crippen LogP contribution in [-0.4, -0.2) is 43.6 Å². The Morgan fingerprint density at radius 2 is 2.07 bits per heavy atom. The maximum absolute atomic E-state index is 13.0. The first kappa shape index (κ1) is 19.7. The molecule has 1 aromatic carbocycles. The molecule has 1 aliphatic rings. The van der Waals surface area contributed by atoms with Crippen molar-refractivity contribution in [1.29, 1.82) is 0 Å². The maximum atomic E-state index is 13.0. The minimum absolute atomic E-state index is 0.0466. The number of piperidine rings is 1. The quantitative estimate of drug-likeness (QED) is 0.648. The van der Waals surface area contributed by atoms with Crippen molar-refractivity contribution in [2.45, 2.75) is 38.9 Å². The van der Waals surface area contributed by atoms with Crippen molar-refractivity contribution >= 4 is 17.2 Å². The molecule has 0 saturated carbocycles. The fraction of sp³-hybridized carbons (Fsp3) is 0.429. The van der Waals surface area contributed by atoms with E-state index in [0.717, 1.165) is 48.7 Å². The lowest BCUT2D eigenvalue weighted by Crippen LogP contribution is -2.42. The summed E-state index contributed by atoms with van der Waals surface area (Å²) in [6, 6.07) is 9.93.